The number of para-hydroxylation sites is 1. The molecular formula is C21H21N5O. The number of aromatic nitrogens is 3. The molecule has 6 nitrogen and oxygen atoms in total. The fourth-order valence-corrected chi connectivity index (χ4v) is 3.35. The number of anilines is 2. The Hall–Kier alpha value is -3.28. The van der Waals surface area contributed by atoms with E-state index in [0.29, 0.717) is 30.4 Å². The van der Waals surface area contributed by atoms with Crippen molar-refractivity contribution in [2.75, 3.05) is 16.8 Å². The first-order chi connectivity index (χ1) is 13.2. The van der Waals surface area contributed by atoms with E-state index < -0.39 is 0 Å². The molecule has 4 rings (SSSR count). The summed E-state index contributed by atoms with van der Waals surface area (Å²) in [6, 6.07) is 13.7. The Bertz CT molecular complexity index is 958. The Kier molecular flexibility index (Phi) is 4.78. The molecule has 0 saturated heterocycles. The van der Waals surface area contributed by atoms with Gasteiger partial charge in [0, 0.05) is 37.2 Å². The van der Waals surface area contributed by atoms with E-state index in [4.69, 9.17) is 0 Å². The lowest BCUT2D eigenvalue weighted by Crippen LogP contribution is -2.36. The largest absolute Gasteiger partial charge is 0.366 e. The number of carbonyl (C=O) groups is 1. The topological polar surface area (TPSA) is 71.0 Å². The van der Waals surface area contributed by atoms with Crippen LogP contribution in [0, 0.1) is 6.92 Å². The number of carbonyl (C=O) groups excluding carboxylic acids is 1. The smallest absolute Gasteiger partial charge is 0.277 e. The van der Waals surface area contributed by atoms with Gasteiger partial charge in [-0.1, -0.05) is 24.3 Å². The van der Waals surface area contributed by atoms with Gasteiger partial charge in [0.2, 0.25) is 0 Å². The average Bonchev–Trinajstić information content (AvgIpc) is 2.72. The molecule has 0 unspecified atom stereocenters. The van der Waals surface area contributed by atoms with Crippen molar-refractivity contribution in [2.45, 2.75) is 26.3 Å². The Labute approximate surface area is 158 Å². The normalized spacial score (nSPS) is 13.1. The van der Waals surface area contributed by atoms with Crippen LogP contribution in [0.25, 0.3) is 0 Å². The number of amides is 1. The van der Waals surface area contributed by atoms with Gasteiger partial charge in [-0.2, -0.15) is 0 Å². The van der Waals surface area contributed by atoms with Crippen molar-refractivity contribution >= 4 is 17.4 Å². The minimum absolute atomic E-state index is 0.0860. The van der Waals surface area contributed by atoms with Crippen LogP contribution in [-0.2, 0) is 13.0 Å². The number of nitrogens with one attached hydrogen (secondary N) is 1. The Morgan fingerprint density at radius 2 is 2.07 bits per heavy atom. The van der Waals surface area contributed by atoms with E-state index in [2.05, 4.69) is 26.3 Å². The SMILES string of the molecule is Cc1nc(NCc2cccnc2)cc(C(=O)N2CCCc3ccccc32)n1. The van der Waals surface area contributed by atoms with Crippen molar-refractivity contribution in [1.82, 2.24) is 15.0 Å². The number of hydrogen-bond donors (Lipinski definition) is 1. The molecule has 2 aromatic heterocycles. The highest BCUT2D eigenvalue weighted by Crippen LogP contribution is 2.28. The van der Waals surface area contributed by atoms with Crippen LogP contribution in [0.2, 0.25) is 0 Å². The van der Waals surface area contributed by atoms with E-state index in [9.17, 15) is 4.79 Å². The van der Waals surface area contributed by atoms with Crippen molar-refractivity contribution in [3.63, 3.8) is 0 Å². The average molecular weight is 359 g/mol. The van der Waals surface area contributed by atoms with Crippen molar-refractivity contribution in [3.05, 3.63) is 77.5 Å². The molecule has 1 aliphatic rings. The van der Waals surface area contributed by atoms with Gasteiger partial charge < -0.3 is 10.2 Å². The third kappa shape index (κ3) is 3.79. The lowest BCUT2D eigenvalue weighted by atomic mass is 10.0. The van der Waals surface area contributed by atoms with Crippen LogP contribution in [0.4, 0.5) is 11.5 Å². The van der Waals surface area contributed by atoms with Crippen molar-refractivity contribution in [2.24, 2.45) is 0 Å². The zero-order valence-corrected chi connectivity index (χ0v) is 15.2. The Morgan fingerprint density at radius 1 is 1.19 bits per heavy atom. The highest BCUT2D eigenvalue weighted by atomic mass is 16.2. The van der Waals surface area contributed by atoms with E-state index in [-0.39, 0.29) is 5.91 Å². The second-order valence-electron chi connectivity index (χ2n) is 6.59. The number of pyridine rings is 1. The molecule has 0 radical (unpaired) electrons. The van der Waals surface area contributed by atoms with Crippen LogP contribution in [0.1, 0.15) is 33.9 Å². The summed E-state index contributed by atoms with van der Waals surface area (Å²) in [5, 5.41) is 3.26. The highest BCUT2D eigenvalue weighted by Gasteiger charge is 2.24. The summed E-state index contributed by atoms with van der Waals surface area (Å²) < 4.78 is 0. The quantitative estimate of drug-likeness (QED) is 0.773. The molecule has 1 aromatic carbocycles. The van der Waals surface area contributed by atoms with E-state index in [1.807, 2.05) is 35.2 Å². The van der Waals surface area contributed by atoms with Crippen LogP contribution in [-0.4, -0.2) is 27.4 Å². The zero-order chi connectivity index (χ0) is 18.6. The standard InChI is InChI=1S/C21H21N5O/c1-15-24-18(12-20(25-15)23-14-16-6-4-10-22-13-16)21(27)26-11-5-8-17-7-2-3-9-19(17)26/h2-4,6-7,9-10,12-13H,5,8,11,14H2,1H3,(H,23,24,25). The lowest BCUT2D eigenvalue weighted by Gasteiger charge is -2.29. The van der Waals surface area contributed by atoms with Gasteiger partial charge in [0.25, 0.3) is 5.91 Å². The van der Waals surface area contributed by atoms with Crippen LogP contribution >= 0.6 is 0 Å². The summed E-state index contributed by atoms with van der Waals surface area (Å²) in [6.07, 6.45) is 5.50. The molecule has 0 fully saturated rings. The minimum Gasteiger partial charge on any atom is -0.366 e. The van der Waals surface area contributed by atoms with Crippen molar-refractivity contribution in [3.8, 4) is 0 Å². The first-order valence-electron chi connectivity index (χ1n) is 9.09. The van der Waals surface area contributed by atoms with Gasteiger partial charge in [0.1, 0.15) is 17.3 Å². The molecule has 0 spiro atoms. The van der Waals surface area contributed by atoms with Crippen LogP contribution in [0.5, 0.6) is 0 Å². The van der Waals surface area contributed by atoms with E-state index in [1.54, 1.807) is 25.4 Å². The number of hydrogen-bond acceptors (Lipinski definition) is 5. The molecule has 0 aliphatic carbocycles. The van der Waals surface area contributed by atoms with E-state index in [0.717, 1.165) is 24.1 Å². The third-order valence-electron chi connectivity index (χ3n) is 4.61. The molecule has 1 amide bonds. The van der Waals surface area contributed by atoms with E-state index in [1.165, 1.54) is 5.56 Å². The number of fused-ring (bicyclic) bond motifs is 1. The predicted octanol–water partition coefficient (Wildman–Crippen LogP) is 3.39. The minimum atomic E-state index is -0.0860. The van der Waals surface area contributed by atoms with Crippen LogP contribution in [0.15, 0.2) is 54.9 Å². The summed E-state index contributed by atoms with van der Waals surface area (Å²) >= 11 is 0. The maximum Gasteiger partial charge on any atom is 0.277 e. The molecule has 6 heteroatoms. The van der Waals surface area contributed by atoms with Gasteiger partial charge in [0.15, 0.2) is 0 Å². The monoisotopic (exact) mass is 359 g/mol. The third-order valence-corrected chi connectivity index (χ3v) is 4.61. The molecule has 0 saturated carbocycles. The molecule has 136 valence electrons. The van der Waals surface area contributed by atoms with Gasteiger partial charge in [0.05, 0.1) is 0 Å². The second kappa shape index (κ2) is 7.53. The van der Waals surface area contributed by atoms with Gasteiger partial charge in [-0.05, 0) is 43.0 Å². The molecule has 3 heterocycles. The van der Waals surface area contributed by atoms with Crippen molar-refractivity contribution < 1.29 is 4.79 Å². The van der Waals surface area contributed by atoms with Crippen LogP contribution < -0.4 is 10.2 Å². The van der Waals surface area contributed by atoms with Gasteiger partial charge in [-0.15, -0.1) is 0 Å². The molecule has 1 aliphatic heterocycles. The van der Waals surface area contributed by atoms with Gasteiger partial charge >= 0.3 is 0 Å². The number of nitrogens with zero attached hydrogens (tertiary/aromatic N) is 4. The van der Waals surface area contributed by atoms with Crippen LogP contribution in [0.3, 0.4) is 0 Å². The number of rotatable bonds is 4. The molecule has 0 bridgehead atoms. The Morgan fingerprint density at radius 3 is 2.93 bits per heavy atom. The van der Waals surface area contributed by atoms with E-state index >= 15 is 0 Å². The zero-order valence-electron chi connectivity index (χ0n) is 15.2. The fraction of sp³-hybridized carbons (Fsp3) is 0.238. The summed E-state index contributed by atoms with van der Waals surface area (Å²) in [6.45, 7) is 3.10. The summed E-state index contributed by atoms with van der Waals surface area (Å²) in [4.78, 5) is 27.9. The van der Waals surface area contributed by atoms with Crippen molar-refractivity contribution in [1.29, 1.82) is 0 Å². The highest BCUT2D eigenvalue weighted by molar-refractivity contribution is 6.05. The molecule has 0 atom stereocenters. The first-order valence-corrected chi connectivity index (χ1v) is 9.09. The molecule has 1 N–H and O–H groups in total. The number of benzene rings is 1. The van der Waals surface area contributed by atoms with Gasteiger partial charge in [-0.25, -0.2) is 9.97 Å². The lowest BCUT2D eigenvalue weighted by molar-refractivity contribution is 0.0980. The summed E-state index contributed by atoms with van der Waals surface area (Å²) in [5.74, 6) is 1.12. The second-order valence-corrected chi connectivity index (χ2v) is 6.59. The summed E-state index contributed by atoms with van der Waals surface area (Å²) in [5.41, 5.74) is 3.65. The maximum absolute atomic E-state index is 13.1. The maximum atomic E-state index is 13.1. The Balaban J connectivity index is 1.57. The van der Waals surface area contributed by atoms with Gasteiger partial charge in [-0.3, -0.25) is 9.78 Å². The molecule has 27 heavy (non-hydrogen) atoms. The number of aryl methyl sites for hydroxylation is 2. The predicted molar refractivity (Wildman–Crippen MR) is 105 cm³/mol. The molecule has 3 aromatic rings. The molecular weight excluding hydrogens is 338 g/mol. The first kappa shape index (κ1) is 17.1. The summed E-state index contributed by atoms with van der Waals surface area (Å²) in [7, 11) is 0. The fourth-order valence-electron chi connectivity index (χ4n) is 3.35.